The van der Waals surface area contributed by atoms with Crippen molar-refractivity contribution >= 4 is 17.3 Å². The van der Waals surface area contributed by atoms with Gasteiger partial charge in [-0.3, -0.25) is 0 Å². The molecule has 0 atom stereocenters. The van der Waals surface area contributed by atoms with E-state index in [0.717, 1.165) is 5.56 Å². The molecule has 2 N–H and O–H groups in total. The van der Waals surface area contributed by atoms with Gasteiger partial charge in [0.25, 0.3) is 0 Å². The van der Waals surface area contributed by atoms with E-state index in [4.69, 9.17) is 22.1 Å². The highest BCUT2D eigenvalue weighted by Gasteiger charge is 2.03. The average molecular weight is 236 g/mol. The van der Waals surface area contributed by atoms with Gasteiger partial charge in [0.2, 0.25) is 5.88 Å². The van der Waals surface area contributed by atoms with Crippen LogP contribution in [-0.4, -0.2) is 10.2 Å². The molecule has 0 aliphatic rings. The predicted molar refractivity (Wildman–Crippen MR) is 62.7 cm³/mol. The number of ether oxygens (including phenoxy) is 1. The Hall–Kier alpha value is -1.81. The zero-order valence-electron chi connectivity index (χ0n) is 8.64. The Kier molecular flexibility index (Phi) is 2.92. The fraction of sp³-hybridized carbons (Fsp3) is 0.0909. The van der Waals surface area contributed by atoms with Crippen LogP contribution in [0.25, 0.3) is 0 Å². The Labute approximate surface area is 98.0 Å². The van der Waals surface area contributed by atoms with E-state index >= 15 is 0 Å². The van der Waals surface area contributed by atoms with Crippen molar-refractivity contribution in [3.8, 4) is 11.6 Å². The summed E-state index contributed by atoms with van der Waals surface area (Å²) in [5.41, 5.74) is 7.29. The van der Waals surface area contributed by atoms with Gasteiger partial charge < -0.3 is 10.5 Å². The zero-order chi connectivity index (χ0) is 11.5. The Morgan fingerprint density at radius 3 is 2.69 bits per heavy atom. The quantitative estimate of drug-likeness (QED) is 0.813. The van der Waals surface area contributed by atoms with Crippen LogP contribution in [0.5, 0.6) is 11.6 Å². The second-order valence-electron chi connectivity index (χ2n) is 3.32. The second-order valence-corrected chi connectivity index (χ2v) is 3.71. The van der Waals surface area contributed by atoms with Crippen LogP contribution >= 0.6 is 11.6 Å². The van der Waals surface area contributed by atoms with E-state index in [9.17, 15) is 0 Å². The summed E-state index contributed by atoms with van der Waals surface area (Å²) in [7, 11) is 0. The molecule has 1 heterocycles. The lowest BCUT2D eigenvalue weighted by atomic mass is 10.2. The molecule has 0 bridgehead atoms. The number of hydrogen-bond acceptors (Lipinski definition) is 4. The summed E-state index contributed by atoms with van der Waals surface area (Å²) >= 11 is 5.62. The number of halogens is 1. The lowest BCUT2D eigenvalue weighted by Crippen LogP contribution is -1.93. The maximum absolute atomic E-state index is 5.67. The number of benzene rings is 1. The second kappa shape index (κ2) is 4.37. The summed E-state index contributed by atoms with van der Waals surface area (Å²) in [6.45, 7) is 1.93. The van der Waals surface area contributed by atoms with Gasteiger partial charge >= 0.3 is 0 Å². The molecular weight excluding hydrogens is 226 g/mol. The van der Waals surface area contributed by atoms with Gasteiger partial charge in [0.1, 0.15) is 5.75 Å². The van der Waals surface area contributed by atoms with Crippen molar-refractivity contribution in [2.45, 2.75) is 6.92 Å². The largest absolute Gasteiger partial charge is 0.437 e. The van der Waals surface area contributed by atoms with Crippen molar-refractivity contribution in [3.63, 3.8) is 0 Å². The number of rotatable bonds is 2. The first-order chi connectivity index (χ1) is 7.65. The van der Waals surface area contributed by atoms with Gasteiger partial charge in [-0.2, -0.15) is 0 Å². The van der Waals surface area contributed by atoms with Crippen LogP contribution in [0.4, 0.5) is 5.69 Å². The number of hydrogen-bond donors (Lipinski definition) is 1. The van der Waals surface area contributed by atoms with Crippen LogP contribution in [0.3, 0.4) is 0 Å². The van der Waals surface area contributed by atoms with Crippen LogP contribution in [0.15, 0.2) is 30.3 Å². The Balaban J connectivity index is 2.26. The molecule has 0 spiro atoms. The first-order valence-electron chi connectivity index (χ1n) is 4.68. The third-order valence-electron chi connectivity index (χ3n) is 2.03. The summed E-state index contributed by atoms with van der Waals surface area (Å²) in [5.74, 6) is 1.05. The van der Waals surface area contributed by atoms with E-state index in [2.05, 4.69) is 10.2 Å². The number of aryl methyl sites for hydroxylation is 1. The molecule has 1 aromatic carbocycles. The molecule has 2 aromatic rings. The molecule has 0 aliphatic carbocycles. The molecule has 4 nitrogen and oxygen atoms in total. The van der Waals surface area contributed by atoms with Crippen molar-refractivity contribution < 1.29 is 4.74 Å². The van der Waals surface area contributed by atoms with Crippen molar-refractivity contribution in [3.05, 3.63) is 41.0 Å². The maximum Gasteiger partial charge on any atom is 0.238 e. The molecule has 16 heavy (non-hydrogen) atoms. The van der Waals surface area contributed by atoms with Crippen molar-refractivity contribution in [1.82, 2.24) is 10.2 Å². The van der Waals surface area contributed by atoms with E-state index in [1.54, 1.807) is 18.2 Å². The lowest BCUT2D eigenvalue weighted by molar-refractivity contribution is 0.452. The minimum Gasteiger partial charge on any atom is -0.437 e. The monoisotopic (exact) mass is 235 g/mol. The van der Waals surface area contributed by atoms with Gasteiger partial charge in [0.05, 0.1) is 0 Å². The van der Waals surface area contributed by atoms with E-state index in [1.807, 2.05) is 19.1 Å². The molecule has 5 heteroatoms. The standard InChI is InChI=1S/C11H10ClN3O/c1-7-2-3-8(13)6-9(7)16-11-5-4-10(12)14-15-11/h2-6H,13H2,1H3. The molecule has 82 valence electrons. The van der Waals surface area contributed by atoms with Crippen molar-refractivity contribution in [2.75, 3.05) is 5.73 Å². The summed E-state index contributed by atoms with van der Waals surface area (Å²) in [4.78, 5) is 0. The lowest BCUT2D eigenvalue weighted by Gasteiger charge is -2.07. The molecule has 2 rings (SSSR count). The van der Waals surface area contributed by atoms with Gasteiger partial charge in [-0.15, -0.1) is 10.2 Å². The normalized spacial score (nSPS) is 10.1. The number of nitrogen functional groups attached to an aromatic ring is 1. The third kappa shape index (κ3) is 2.41. The average Bonchev–Trinajstić information content (AvgIpc) is 2.27. The predicted octanol–water partition coefficient (Wildman–Crippen LogP) is 2.81. The Morgan fingerprint density at radius 1 is 1.19 bits per heavy atom. The first-order valence-corrected chi connectivity index (χ1v) is 5.06. The van der Waals surface area contributed by atoms with Gasteiger partial charge in [0.15, 0.2) is 5.15 Å². The number of anilines is 1. The molecule has 0 fully saturated rings. The maximum atomic E-state index is 5.67. The summed E-state index contributed by atoms with van der Waals surface area (Å²) in [6.07, 6.45) is 0. The van der Waals surface area contributed by atoms with Crippen LogP contribution in [0, 0.1) is 6.92 Å². The van der Waals surface area contributed by atoms with Crippen molar-refractivity contribution in [2.24, 2.45) is 0 Å². The topological polar surface area (TPSA) is 61.0 Å². The molecule has 0 aliphatic heterocycles. The SMILES string of the molecule is Cc1ccc(N)cc1Oc1ccc(Cl)nn1. The molecule has 0 unspecified atom stereocenters. The van der Waals surface area contributed by atoms with Gasteiger partial charge in [0, 0.05) is 17.8 Å². The molecule has 0 radical (unpaired) electrons. The molecule has 0 amide bonds. The smallest absolute Gasteiger partial charge is 0.238 e. The van der Waals surface area contributed by atoms with E-state index in [-0.39, 0.29) is 0 Å². The van der Waals surface area contributed by atoms with Crippen LogP contribution < -0.4 is 10.5 Å². The highest BCUT2D eigenvalue weighted by Crippen LogP contribution is 2.25. The van der Waals surface area contributed by atoms with Gasteiger partial charge in [-0.05, 0) is 24.6 Å². The fourth-order valence-corrected chi connectivity index (χ4v) is 1.30. The highest BCUT2D eigenvalue weighted by molar-refractivity contribution is 6.29. The molecule has 1 aromatic heterocycles. The zero-order valence-corrected chi connectivity index (χ0v) is 9.40. The van der Waals surface area contributed by atoms with E-state index in [1.165, 1.54) is 0 Å². The fourth-order valence-electron chi connectivity index (χ4n) is 1.20. The molecule has 0 saturated carbocycles. The third-order valence-corrected chi connectivity index (χ3v) is 2.24. The van der Waals surface area contributed by atoms with Crippen LogP contribution in [0.1, 0.15) is 5.56 Å². The minimum atomic E-state index is 0.330. The van der Waals surface area contributed by atoms with Crippen molar-refractivity contribution in [1.29, 1.82) is 0 Å². The Morgan fingerprint density at radius 2 is 2.00 bits per heavy atom. The number of aromatic nitrogens is 2. The molecular formula is C11H10ClN3O. The highest BCUT2D eigenvalue weighted by atomic mass is 35.5. The van der Waals surface area contributed by atoms with Gasteiger partial charge in [-0.1, -0.05) is 17.7 Å². The minimum absolute atomic E-state index is 0.330. The summed E-state index contributed by atoms with van der Waals surface area (Å²) in [6, 6.07) is 8.71. The van der Waals surface area contributed by atoms with E-state index < -0.39 is 0 Å². The number of nitrogens with two attached hydrogens (primary N) is 1. The molecule has 0 saturated heterocycles. The van der Waals surface area contributed by atoms with Gasteiger partial charge in [-0.25, -0.2) is 0 Å². The van der Waals surface area contributed by atoms with Crippen LogP contribution in [-0.2, 0) is 0 Å². The van der Waals surface area contributed by atoms with Crippen LogP contribution in [0.2, 0.25) is 5.15 Å². The van der Waals surface area contributed by atoms with E-state index in [0.29, 0.717) is 22.5 Å². The summed E-state index contributed by atoms with van der Waals surface area (Å²) in [5, 5.41) is 7.82. The Bertz CT molecular complexity index is 499. The summed E-state index contributed by atoms with van der Waals surface area (Å²) < 4.78 is 5.53. The first kappa shape index (κ1) is 10.7. The number of nitrogens with zero attached hydrogens (tertiary/aromatic N) is 2.